The van der Waals surface area contributed by atoms with E-state index in [2.05, 4.69) is 19.1 Å². The van der Waals surface area contributed by atoms with Gasteiger partial charge < -0.3 is 25.2 Å². The van der Waals surface area contributed by atoms with E-state index in [9.17, 15) is 20.1 Å². The number of carboxylic acids is 1. The SMILES string of the molecule is CC/C=C\C/C=C\C[C@@H](O)[C@H]1C[C@H](O)[C@@H](/C=C/[C@H](O)C/C=C\CCC(=O)O)O1. The summed E-state index contributed by atoms with van der Waals surface area (Å²) >= 11 is 0. The van der Waals surface area contributed by atoms with E-state index in [0.717, 1.165) is 12.8 Å². The summed E-state index contributed by atoms with van der Waals surface area (Å²) in [6.45, 7) is 2.08. The number of hydrogen-bond acceptors (Lipinski definition) is 5. The Hall–Kier alpha value is -1.73. The molecule has 0 radical (unpaired) electrons. The topological polar surface area (TPSA) is 107 Å². The molecule has 0 aromatic rings. The minimum atomic E-state index is -0.849. The first-order valence-corrected chi connectivity index (χ1v) is 9.98. The Morgan fingerprint density at radius 2 is 1.82 bits per heavy atom. The lowest BCUT2D eigenvalue weighted by atomic mass is 10.0. The predicted octanol–water partition coefficient (Wildman–Crippen LogP) is 2.90. The maximum Gasteiger partial charge on any atom is 0.303 e. The highest BCUT2D eigenvalue weighted by atomic mass is 16.5. The van der Waals surface area contributed by atoms with Gasteiger partial charge in [0, 0.05) is 12.8 Å². The van der Waals surface area contributed by atoms with E-state index < -0.39 is 36.5 Å². The van der Waals surface area contributed by atoms with Gasteiger partial charge >= 0.3 is 5.97 Å². The van der Waals surface area contributed by atoms with Gasteiger partial charge in [0.15, 0.2) is 0 Å². The number of hydrogen-bond donors (Lipinski definition) is 4. The number of carboxylic acid groups (broad SMARTS) is 1. The summed E-state index contributed by atoms with van der Waals surface area (Å²) in [7, 11) is 0. The second-order valence-corrected chi connectivity index (χ2v) is 6.92. The maximum atomic E-state index is 10.4. The first-order valence-electron chi connectivity index (χ1n) is 9.98. The fraction of sp³-hybridized carbons (Fsp3) is 0.591. The Labute approximate surface area is 167 Å². The Balaban J connectivity index is 2.34. The summed E-state index contributed by atoms with van der Waals surface area (Å²) in [5, 5.41) is 38.8. The van der Waals surface area contributed by atoms with Crippen LogP contribution >= 0.6 is 0 Å². The first kappa shape index (κ1) is 24.3. The van der Waals surface area contributed by atoms with Gasteiger partial charge in [0.2, 0.25) is 0 Å². The van der Waals surface area contributed by atoms with E-state index in [4.69, 9.17) is 9.84 Å². The number of ether oxygens (including phenoxy) is 1. The van der Waals surface area contributed by atoms with Crippen LogP contribution in [0.4, 0.5) is 0 Å². The van der Waals surface area contributed by atoms with Crippen LogP contribution in [0.15, 0.2) is 48.6 Å². The molecule has 1 aliphatic rings. The third-order valence-corrected chi connectivity index (χ3v) is 4.42. The minimum Gasteiger partial charge on any atom is -0.481 e. The zero-order valence-electron chi connectivity index (χ0n) is 16.6. The lowest BCUT2D eigenvalue weighted by Gasteiger charge is -2.16. The molecule has 0 aromatic carbocycles. The molecule has 6 nitrogen and oxygen atoms in total. The van der Waals surface area contributed by atoms with E-state index in [1.54, 1.807) is 24.3 Å². The fourth-order valence-electron chi connectivity index (χ4n) is 2.84. The summed E-state index contributed by atoms with van der Waals surface area (Å²) in [5.74, 6) is -0.849. The van der Waals surface area contributed by atoms with Crippen LogP contribution in [0.2, 0.25) is 0 Å². The van der Waals surface area contributed by atoms with Gasteiger partial charge in [-0.2, -0.15) is 0 Å². The summed E-state index contributed by atoms with van der Waals surface area (Å²) in [6, 6.07) is 0. The number of carbonyl (C=O) groups is 1. The van der Waals surface area contributed by atoms with Gasteiger partial charge in [-0.15, -0.1) is 0 Å². The fourth-order valence-corrected chi connectivity index (χ4v) is 2.84. The average molecular weight is 395 g/mol. The molecule has 0 amide bonds. The monoisotopic (exact) mass is 394 g/mol. The van der Waals surface area contributed by atoms with E-state index in [1.165, 1.54) is 0 Å². The highest BCUT2D eigenvalue weighted by Gasteiger charge is 2.35. The molecule has 0 bridgehead atoms. The van der Waals surface area contributed by atoms with Crippen molar-refractivity contribution in [3.63, 3.8) is 0 Å². The quantitative estimate of drug-likeness (QED) is 0.358. The highest BCUT2D eigenvalue weighted by Crippen LogP contribution is 2.25. The Morgan fingerprint density at radius 1 is 1.11 bits per heavy atom. The van der Waals surface area contributed by atoms with Crippen LogP contribution in [-0.2, 0) is 9.53 Å². The molecule has 1 aliphatic heterocycles. The van der Waals surface area contributed by atoms with Gasteiger partial charge in [-0.3, -0.25) is 4.79 Å². The lowest BCUT2D eigenvalue weighted by molar-refractivity contribution is -0.136. The van der Waals surface area contributed by atoms with Crippen molar-refractivity contribution in [3.05, 3.63) is 48.6 Å². The number of allylic oxidation sites excluding steroid dienone is 4. The molecule has 4 N–H and O–H groups in total. The molecule has 0 aromatic heterocycles. The first-order chi connectivity index (χ1) is 13.4. The number of aliphatic carboxylic acids is 1. The van der Waals surface area contributed by atoms with Gasteiger partial charge in [0.1, 0.15) is 6.10 Å². The summed E-state index contributed by atoms with van der Waals surface area (Å²) in [6.07, 6.45) is 15.1. The van der Waals surface area contributed by atoms with Crippen molar-refractivity contribution in [1.82, 2.24) is 0 Å². The second-order valence-electron chi connectivity index (χ2n) is 6.92. The van der Waals surface area contributed by atoms with Gasteiger partial charge in [-0.25, -0.2) is 0 Å². The highest BCUT2D eigenvalue weighted by molar-refractivity contribution is 5.66. The van der Waals surface area contributed by atoms with Gasteiger partial charge in [-0.1, -0.05) is 55.5 Å². The van der Waals surface area contributed by atoms with Crippen molar-refractivity contribution in [2.24, 2.45) is 0 Å². The molecule has 1 heterocycles. The van der Waals surface area contributed by atoms with Gasteiger partial charge in [0.05, 0.1) is 24.4 Å². The molecule has 1 fully saturated rings. The van der Waals surface area contributed by atoms with E-state index in [-0.39, 0.29) is 6.42 Å². The molecule has 1 rings (SSSR count). The van der Waals surface area contributed by atoms with Crippen molar-refractivity contribution in [3.8, 4) is 0 Å². The van der Waals surface area contributed by atoms with Gasteiger partial charge in [-0.05, 0) is 32.1 Å². The molecule has 5 atom stereocenters. The Kier molecular flexibility index (Phi) is 12.4. The Morgan fingerprint density at radius 3 is 2.54 bits per heavy atom. The number of aliphatic hydroxyl groups excluding tert-OH is 3. The zero-order valence-corrected chi connectivity index (χ0v) is 16.6. The van der Waals surface area contributed by atoms with E-state index in [0.29, 0.717) is 25.7 Å². The second kappa shape index (κ2) is 14.3. The third-order valence-electron chi connectivity index (χ3n) is 4.42. The molecule has 0 unspecified atom stereocenters. The van der Waals surface area contributed by atoms with Crippen LogP contribution in [0.5, 0.6) is 0 Å². The van der Waals surface area contributed by atoms with Crippen molar-refractivity contribution in [2.45, 2.75) is 82.4 Å². The molecule has 0 aliphatic carbocycles. The summed E-state index contributed by atoms with van der Waals surface area (Å²) in [5.41, 5.74) is 0. The molecular formula is C22H34O6. The van der Waals surface area contributed by atoms with Crippen LogP contribution in [0.25, 0.3) is 0 Å². The smallest absolute Gasteiger partial charge is 0.303 e. The van der Waals surface area contributed by atoms with Crippen molar-refractivity contribution < 1.29 is 30.0 Å². The van der Waals surface area contributed by atoms with Crippen molar-refractivity contribution in [1.29, 1.82) is 0 Å². The maximum absolute atomic E-state index is 10.4. The summed E-state index contributed by atoms with van der Waals surface area (Å²) in [4.78, 5) is 10.4. The lowest BCUT2D eigenvalue weighted by Crippen LogP contribution is -2.25. The minimum absolute atomic E-state index is 0.0683. The van der Waals surface area contributed by atoms with Crippen LogP contribution in [-0.4, -0.2) is 56.9 Å². The molecule has 6 heteroatoms. The zero-order chi connectivity index (χ0) is 20.8. The molecular weight excluding hydrogens is 360 g/mol. The third kappa shape index (κ3) is 10.6. The van der Waals surface area contributed by atoms with Crippen LogP contribution in [0.3, 0.4) is 0 Å². The van der Waals surface area contributed by atoms with Crippen molar-refractivity contribution >= 4 is 5.97 Å². The van der Waals surface area contributed by atoms with E-state index in [1.807, 2.05) is 12.2 Å². The molecule has 0 spiro atoms. The van der Waals surface area contributed by atoms with Crippen LogP contribution < -0.4 is 0 Å². The average Bonchev–Trinajstić information content (AvgIpc) is 3.03. The summed E-state index contributed by atoms with van der Waals surface area (Å²) < 4.78 is 5.72. The predicted molar refractivity (Wildman–Crippen MR) is 109 cm³/mol. The van der Waals surface area contributed by atoms with Crippen LogP contribution in [0.1, 0.15) is 51.9 Å². The Bertz CT molecular complexity index is 551. The van der Waals surface area contributed by atoms with Crippen LogP contribution in [0, 0.1) is 0 Å². The molecule has 1 saturated heterocycles. The largest absolute Gasteiger partial charge is 0.481 e. The standard InChI is InChI=1S/C22H34O6/c1-2-3-4-5-6-9-12-18(24)21-16-19(25)20(28-21)15-14-17(23)11-8-7-10-13-22(26)27/h3-4,6-9,14-15,17-21,23-25H,2,5,10-13,16H2,1H3,(H,26,27)/b4-3-,8-7-,9-6-,15-14+/t17-,18-,19+,20-,21-/m1/s1. The van der Waals surface area contributed by atoms with Crippen molar-refractivity contribution in [2.75, 3.05) is 0 Å². The van der Waals surface area contributed by atoms with E-state index >= 15 is 0 Å². The number of rotatable bonds is 13. The molecule has 158 valence electrons. The number of aliphatic hydroxyl groups is 3. The molecule has 0 saturated carbocycles. The molecule has 28 heavy (non-hydrogen) atoms. The normalized spacial score (nSPS) is 25.5. The van der Waals surface area contributed by atoms with Gasteiger partial charge in [0.25, 0.3) is 0 Å².